The first-order valence-electron chi connectivity index (χ1n) is 6.92. The Kier molecular flexibility index (Phi) is 3.75. The lowest BCUT2D eigenvalue weighted by Gasteiger charge is -2.14. The summed E-state index contributed by atoms with van der Waals surface area (Å²) in [6.45, 7) is 0. The minimum absolute atomic E-state index is 0.0337. The van der Waals surface area contributed by atoms with E-state index in [9.17, 15) is 17.6 Å². The summed E-state index contributed by atoms with van der Waals surface area (Å²) in [6.07, 6.45) is -4.67. The SMILES string of the molecule is CNc1nc(N)nc2cc(-c3c(F)cccc3C(F)(F)F)ccc12. The van der Waals surface area contributed by atoms with Crippen LogP contribution in [0.2, 0.25) is 0 Å². The fourth-order valence-corrected chi connectivity index (χ4v) is 2.55. The molecule has 0 bridgehead atoms. The molecule has 0 atom stereocenters. The summed E-state index contributed by atoms with van der Waals surface area (Å²) >= 11 is 0. The fraction of sp³-hybridized carbons (Fsp3) is 0.125. The number of halogens is 4. The van der Waals surface area contributed by atoms with Crippen molar-refractivity contribution in [3.63, 3.8) is 0 Å². The van der Waals surface area contributed by atoms with Gasteiger partial charge >= 0.3 is 6.18 Å². The van der Waals surface area contributed by atoms with Gasteiger partial charge in [-0.3, -0.25) is 0 Å². The van der Waals surface area contributed by atoms with Crippen LogP contribution in [0.3, 0.4) is 0 Å². The highest BCUT2D eigenvalue weighted by atomic mass is 19.4. The first-order valence-corrected chi connectivity index (χ1v) is 6.92. The van der Waals surface area contributed by atoms with Gasteiger partial charge < -0.3 is 11.1 Å². The fourth-order valence-electron chi connectivity index (χ4n) is 2.55. The summed E-state index contributed by atoms with van der Waals surface area (Å²) in [7, 11) is 1.63. The Balaban J connectivity index is 2.29. The standard InChI is InChI=1S/C16H12F4N4/c1-22-14-9-6-5-8(7-12(9)23-15(21)24-14)13-10(16(18,19)20)3-2-4-11(13)17/h2-7H,1H3,(H3,21,22,23,24). The second kappa shape index (κ2) is 5.63. The third-order valence-corrected chi connectivity index (χ3v) is 3.56. The number of anilines is 2. The van der Waals surface area contributed by atoms with Crippen molar-refractivity contribution in [3.8, 4) is 11.1 Å². The molecule has 3 rings (SSSR count). The zero-order valence-electron chi connectivity index (χ0n) is 12.4. The van der Waals surface area contributed by atoms with Gasteiger partial charge in [0.15, 0.2) is 0 Å². The minimum atomic E-state index is -4.67. The summed E-state index contributed by atoms with van der Waals surface area (Å²) in [6, 6.07) is 7.15. The number of rotatable bonds is 2. The summed E-state index contributed by atoms with van der Waals surface area (Å²) < 4.78 is 53.7. The van der Waals surface area contributed by atoms with Gasteiger partial charge in [-0.25, -0.2) is 9.37 Å². The van der Waals surface area contributed by atoms with Crippen molar-refractivity contribution < 1.29 is 17.6 Å². The normalized spacial score (nSPS) is 11.7. The van der Waals surface area contributed by atoms with Gasteiger partial charge in [-0.2, -0.15) is 18.2 Å². The topological polar surface area (TPSA) is 63.8 Å². The lowest BCUT2D eigenvalue weighted by atomic mass is 9.97. The Bertz CT molecular complexity index is 922. The molecular formula is C16H12F4N4. The van der Waals surface area contributed by atoms with E-state index in [1.54, 1.807) is 7.05 Å². The summed E-state index contributed by atoms with van der Waals surface area (Å²) in [5.74, 6) is -0.553. The van der Waals surface area contributed by atoms with Gasteiger partial charge in [-0.15, -0.1) is 0 Å². The van der Waals surface area contributed by atoms with Crippen LogP contribution < -0.4 is 11.1 Å². The smallest absolute Gasteiger partial charge is 0.372 e. The molecule has 3 N–H and O–H groups in total. The summed E-state index contributed by atoms with van der Waals surface area (Å²) in [4.78, 5) is 8.01. The second-order valence-electron chi connectivity index (χ2n) is 5.07. The molecule has 0 saturated carbocycles. The number of benzene rings is 2. The lowest BCUT2D eigenvalue weighted by molar-refractivity contribution is -0.137. The molecule has 1 heterocycles. The van der Waals surface area contributed by atoms with Crippen LogP contribution in [0.4, 0.5) is 29.3 Å². The van der Waals surface area contributed by atoms with Gasteiger partial charge in [-0.05, 0) is 29.8 Å². The minimum Gasteiger partial charge on any atom is -0.372 e. The predicted octanol–water partition coefficient (Wildman–Crippen LogP) is 4.08. The zero-order chi connectivity index (χ0) is 17.5. The van der Waals surface area contributed by atoms with Gasteiger partial charge in [0.2, 0.25) is 5.95 Å². The molecule has 0 aliphatic heterocycles. The van der Waals surface area contributed by atoms with E-state index in [1.165, 1.54) is 18.2 Å². The van der Waals surface area contributed by atoms with Crippen molar-refractivity contribution in [2.75, 3.05) is 18.1 Å². The van der Waals surface area contributed by atoms with Crippen LogP contribution in [0.15, 0.2) is 36.4 Å². The summed E-state index contributed by atoms with van der Waals surface area (Å²) in [5.41, 5.74) is 4.42. The van der Waals surface area contributed by atoms with Crippen LogP contribution in [0.25, 0.3) is 22.0 Å². The van der Waals surface area contributed by atoms with E-state index in [-0.39, 0.29) is 11.5 Å². The number of nitrogens with zero attached hydrogens (tertiary/aromatic N) is 2. The Morgan fingerprint density at radius 3 is 2.50 bits per heavy atom. The molecule has 2 aromatic carbocycles. The van der Waals surface area contributed by atoms with Crippen molar-refractivity contribution in [1.29, 1.82) is 0 Å². The van der Waals surface area contributed by atoms with Gasteiger partial charge in [0, 0.05) is 18.0 Å². The predicted molar refractivity (Wildman–Crippen MR) is 83.9 cm³/mol. The first-order chi connectivity index (χ1) is 11.3. The van der Waals surface area contributed by atoms with Crippen LogP contribution in [-0.4, -0.2) is 17.0 Å². The molecule has 1 aromatic heterocycles. The van der Waals surface area contributed by atoms with Gasteiger partial charge in [-0.1, -0.05) is 12.1 Å². The number of hydrogen-bond acceptors (Lipinski definition) is 4. The Morgan fingerprint density at radius 1 is 1.08 bits per heavy atom. The molecular weight excluding hydrogens is 324 g/mol. The monoisotopic (exact) mass is 336 g/mol. The van der Waals surface area contributed by atoms with Crippen LogP contribution in [0.5, 0.6) is 0 Å². The maximum atomic E-state index is 14.1. The molecule has 8 heteroatoms. The number of aromatic nitrogens is 2. The van der Waals surface area contributed by atoms with Crippen molar-refractivity contribution >= 4 is 22.7 Å². The van der Waals surface area contributed by atoms with E-state index in [2.05, 4.69) is 15.3 Å². The zero-order valence-corrected chi connectivity index (χ0v) is 12.4. The number of hydrogen-bond donors (Lipinski definition) is 2. The van der Waals surface area contributed by atoms with Gasteiger partial charge in [0.1, 0.15) is 11.6 Å². The lowest BCUT2D eigenvalue weighted by Crippen LogP contribution is -2.08. The molecule has 124 valence electrons. The molecule has 0 aliphatic carbocycles. The Hall–Kier alpha value is -2.90. The first kappa shape index (κ1) is 16.0. The number of fused-ring (bicyclic) bond motifs is 1. The number of nitrogen functional groups attached to an aromatic ring is 1. The molecule has 4 nitrogen and oxygen atoms in total. The molecule has 3 aromatic rings. The highest BCUT2D eigenvalue weighted by Crippen LogP contribution is 2.39. The largest absolute Gasteiger partial charge is 0.417 e. The number of nitrogens with one attached hydrogen (secondary N) is 1. The van der Waals surface area contributed by atoms with E-state index < -0.39 is 23.1 Å². The molecule has 0 saturated heterocycles. The maximum Gasteiger partial charge on any atom is 0.417 e. The Labute approximate surface area is 134 Å². The van der Waals surface area contributed by atoms with Crippen molar-refractivity contribution in [2.45, 2.75) is 6.18 Å². The number of alkyl halides is 3. The van der Waals surface area contributed by atoms with Crippen LogP contribution >= 0.6 is 0 Å². The van der Waals surface area contributed by atoms with Gasteiger partial charge in [0.25, 0.3) is 0 Å². The number of nitrogens with two attached hydrogens (primary N) is 1. The third kappa shape index (κ3) is 2.70. The summed E-state index contributed by atoms with van der Waals surface area (Å²) in [5, 5.41) is 3.40. The van der Waals surface area contributed by atoms with E-state index in [0.717, 1.165) is 18.2 Å². The second-order valence-corrected chi connectivity index (χ2v) is 5.07. The van der Waals surface area contributed by atoms with Crippen molar-refractivity contribution in [1.82, 2.24) is 9.97 Å². The third-order valence-electron chi connectivity index (χ3n) is 3.56. The van der Waals surface area contributed by atoms with Gasteiger partial charge in [0.05, 0.1) is 11.1 Å². The van der Waals surface area contributed by atoms with Crippen LogP contribution in [0.1, 0.15) is 5.56 Å². The van der Waals surface area contributed by atoms with Crippen molar-refractivity contribution in [2.24, 2.45) is 0 Å². The molecule has 0 fully saturated rings. The highest BCUT2D eigenvalue weighted by Gasteiger charge is 2.35. The van der Waals surface area contributed by atoms with Crippen LogP contribution in [-0.2, 0) is 6.18 Å². The molecule has 24 heavy (non-hydrogen) atoms. The average molecular weight is 336 g/mol. The van der Waals surface area contributed by atoms with E-state index in [0.29, 0.717) is 16.7 Å². The molecule has 0 aliphatic rings. The highest BCUT2D eigenvalue weighted by molar-refractivity contribution is 5.93. The van der Waals surface area contributed by atoms with Crippen molar-refractivity contribution in [3.05, 3.63) is 47.8 Å². The average Bonchev–Trinajstić information content (AvgIpc) is 2.52. The van der Waals surface area contributed by atoms with E-state index >= 15 is 0 Å². The molecule has 0 amide bonds. The molecule has 0 radical (unpaired) electrons. The maximum absolute atomic E-state index is 14.1. The molecule has 0 spiro atoms. The van der Waals surface area contributed by atoms with E-state index in [4.69, 9.17) is 5.73 Å². The van der Waals surface area contributed by atoms with E-state index in [1.807, 2.05) is 0 Å². The molecule has 0 unspecified atom stereocenters. The quantitative estimate of drug-likeness (QED) is 0.692. The van der Waals surface area contributed by atoms with Crippen LogP contribution in [0, 0.1) is 5.82 Å². The Morgan fingerprint density at radius 2 is 1.83 bits per heavy atom.